The van der Waals surface area contributed by atoms with Gasteiger partial charge in [-0.1, -0.05) is 13.8 Å². The lowest BCUT2D eigenvalue weighted by Gasteiger charge is -2.53. The molecular weight excluding hydrogens is 150 g/mol. The molecule has 2 heteroatoms. The summed E-state index contributed by atoms with van der Waals surface area (Å²) in [5.74, 6) is 0. The van der Waals surface area contributed by atoms with Gasteiger partial charge in [0.2, 0.25) is 0 Å². The highest BCUT2D eigenvalue weighted by Crippen LogP contribution is 2.47. The maximum absolute atomic E-state index is 6.02. The second kappa shape index (κ2) is 3.75. The lowest BCUT2D eigenvalue weighted by Crippen LogP contribution is -2.61. The first-order valence-corrected chi connectivity index (χ1v) is 5.08. The molecule has 0 aromatic heterocycles. The standard InChI is InChI=1S/C10H21NO/c1-4-10(5-2)8(11)7-9(10)12-6-3/h8-9H,4-7,11H2,1-3H3/t8-,9-/m0/s1. The van der Waals surface area contributed by atoms with Gasteiger partial charge in [0.1, 0.15) is 0 Å². The minimum Gasteiger partial charge on any atom is -0.378 e. The highest BCUT2D eigenvalue weighted by Gasteiger charge is 2.51. The van der Waals surface area contributed by atoms with E-state index < -0.39 is 0 Å². The van der Waals surface area contributed by atoms with Crippen LogP contribution in [0.1, 0.15) is 40.0 Å². The third-order valence-corrected chi connectivity index (χ3v) is 3.53. The summed E-state index contributed by atoms with van der Waals surface area (Å²) in [5.41, 5.74) is 6.31. The van der Waals surface area contributed by atoms with E-state index in [-0.39, 0.29) is 5.41 Å². The summed E-state index contributed by atoms with van der Waals surface area (Å²) in [6.07, 6.45) is 3.77. The van der Waals surface area contributed by atoms with E-state index in [1.807, 2.05) is 0 Å². The molecule has 2 N–H and O–H groups in total. The molecule has 1 aliphatic carbocycles. The van der Waals surface area contributed by atoms with E-state index in [9.17, 15) is 0 Å². The molecule has 0 radical (unpaired) electrons. The Morgan fingerprint density at radius 3 is 2.25 bits per heavy atom. The molecule has 0 aromatic carbocycles. The Hall–Kier alpha value is -0.0800. The van der Waals surface area contributed by atoms with E-state index in [2.05, 4.69) is 20.8 Å². The summed E-state index contributed by atoms with van der Waals surface area (Å²) < 4.78 is 5.67. The van der Waals surface area contributed by atoms with Gasteiger partial charge in [0.05, 0.1) is 6.10 Å². The summed E-state index contributed by atoms with van der Waals surface area (Å²) in [6, 6.07) is 0.365. The number of hydrogen-bond donors (Lipinski definition) is 1. The summed E-state index contributed by atoms with van der Waals surface area (Å²) >= 11 is 0. The van der Waals surface area contributed by atoms with E-state index in [4.69, 9.17) is 10.5 Å². The van der Waals surface area contributed by atoms with Crippen molar-refractivity contribution in [2.45, 2.75) is 52.2 Å². The van der Waals surface area contributed by atoms with Crippen molar-refractivity contribution in [3.8, 4) is 0 Å². The molecule has 1 aliphatic rings. The van der Waals surface area contributed by atoms with Crippen LogP contribution in [0, 0.1) is 5.41 Å². The van der Waals surface area contributed by atoms with Gasteiger partial charge in [-0.25, -0.2) is 0 Å². The van der Waals surface area contributed by atoms with E-state index in [0.29, 0.717) is 12.1 Å². The van der Waals surface area contributed by atoms with Gasteiger partial charge in [-0.15, -0.1) is 0 Å². The van der Waals surface area contributed by atoms with Gasteiger partial charge in [0.15, 0.2) is 0 Å². The second-order valence-electron chi connectivity index (χ2n) is 3.73. The summed E-state index contributed by atoms with van der Waals surface area (Å²) in [6.45, 7) is 7.31. The van der Waals surface area contributed by atoms with Crippen molar-refractivity contribution in [3.63, 3.8) is 0 Å². The lowest BCUT2D eigenvalue weighted by molar-refractivity contribution is -0.127. The maximum Gasteiger partial charge on any atom is 0.0660 e. The van der Waals surface area contributed by atoms with Crippen LogP contribution in [0.3, 0.4) is 0 Å². The Bertz CT molecular complexity index is 141. The van der Waals surface area contributed by atoms with E-state index >= 15 is 0 Å². The van der Waals surface area contributed by atoms with Crippen LogP contribution in [0.2, 0.25) is 0 Å². The number of ether oxygens (including phenoxy) is 1. The Kier molecular flexibility index (Phi) is 3.13. The Morgan fingerprint density at radius 1 is 1.33 bits per heavy atom. The third-order valence-electron chi connectivity index (χ3n) is 3.53. The SMILES string of the molecule is CCO[C@H]1C[C@H](N)C1(CC)CC. The van der Waals surface area contributed by atoms with Crippen molar-refractivity contribution < 1.29 is 4.74 Å². The number of hydrogen-bond acceptors (Lipinski definition) is 2. The first-order chi connectivity index (χ1) is 5.71. The van der Waals surface area contributed by atoms with Crippen LogP contribution in [0.5, 0.6) is 0 Å². The van der Waals surface area contributed by atoms with Crippen molar-refractivity contribution in [2.75, 3.05) is 6.61 Å². The van der Waals surface area contributed by atoms with Crippen LogP contribution in [0.25, 0.3) is 0 Å². The Morgan fingerprint density at radius 2 is 1.92 bits per heavy atom. The molecule has 72 valence electrons. The molecule has 1 fully saturated rings. The molecular formula is C10H21NO. The fraction of sp³-hybridized carbons (Fsp3) is 1.00. The zero-order chi connectivity index (χ0) is 9.19. The molecule has 12 heavy (non-hydrogen) atoms. The van der Waals surface area contributed by atoms with Crippen LogP contribution in [-0.4, -0.2) is 18.8 Å². The Labute approximate surface area is 75.5 Å². The Balaban J connectivity index is 2.56. The second-order valence-corrected chi connectivity index (χ2v) is 3.73. The van der Waals surface area contributed by atoms with Gasteiger partial charge in [-0.3, -0.25) is 0 Å². The molecule has 0 bridgehead atoms. The van der Waals surface area contributed by atoms with Crippen molar-refractivity contribution in [3.05, 3.63) is 0 Å². The summed E-state index contributed by atoms with van der Waals surface area (Å²) in [7, 11) is 0. The zero-order valence-corrected chi connectivity index (χ0v) is 8.47. The van der Waals surface area contributed by atoms with Gasteiger partial charge in [-0.2, -0.15) is 0 Å². The lowest BCUT2D eigenvalue weighted by atomic mass is 9.59. The first kappa shape index (κ1) is 10.0. The predicted molar refractivity (Wildman–Crippen MR) is 51.0 cm³/mol. The van der Waals surface area contributed by atoms with E-state index in [0.717, 1.165) is 25.9 Å². The highest BCUT2D eigenvalue weighted by atomic mass is 16.5. The van der Waals surface area contributed by atoms with Gasteiger partial charge >= 0.3 is 0 Å². The van der Waals surface area contributed by atoms with Crippen molar-refractivity contribution in [1.29, 1.82) is 0 Å². The van der Waals surface area contributed by atoms with Gasteiger partial charge in [0.25, 0.3) is 0 Å². The van der Waals surface area contributed by atoms with Gasteiger partial charge < -0.3 is 10.5 Å². The third kappa shape index (κ3) is 1.27. The molecule has 1 saturated carbocycles. The van der Waals surface area contributed by atoms with Crippen molar-refractivity contribution in [1.82, 2.24) is 0 Å². The topological polar surface area (TPSA) is 35.2 Å². The smallest absolute Gasteiger partial charge is 0.0660 e. The van der Waals surface area contributed by atoms with Crippen LogP contribution in [0.15, 0.2) is 0 Å². The first-order valence-electron chi connectivity index (χ1n) is 5.08. The van der Waals surface area contributed by atoms with Crippen molar-refractivity contribution >= 4 is 0 Å². The molecule has 0 aliphatic heterocycles. The quantitative estimate of drug-likeness (QED) is 0.701. The number of nitrogens with two attached hydrogens (primary N) is 1. The minimum atomic E-state index is 0.288. The largest absolute Gasteiger partial charge is 0.378 e. The zero-order valence-electron chi connectivity index (χ0n) is 8.47. The van der Waals surface area contributed by atoms with Gasteiger partial charge in [-0.05, 0) is 26.2 Å². The molecule has 0 amide bonds. The molecule has 0 aromatic rings. The fourth-order valence-electron chi connectivity index (χ4n) is 2.44. The van der Waals surface area contributed by atoms with Crippen LogP contribution < -0.4 is 5.73 Å². The average molecular weight is 171 g/mol. The van der Waals surface area contributed by atoms with Crippen LogP contribution >= 0.6 is 0 Å². The van der Waals surface area contributed by atoms with Crippen molar-refractivity contribution in [2.24, 2.45) is 11.1 Å². The fourth-order valence-corrected chi connectivity index (χ4v) is 2.44. The summed E-state index contributed by atoms with van der Waals surface area (Å²) in [4.78, 5) is 0. The minimum absolute atomic E-state index is 0.288. The molecule has 0 saturated heterocycles. The summed E-state index contributed by atoms with van der Waals surface area (Å²) in [5, 5.41) is 0. The average Bonchev–Trinajstić information content (AvgIpc) is 2.07. The van der Waals surface area contributed by atoms with E-state index in [1.54, 1.807) is 0 Å². The molecule has 0 heterocycles. The number of rotatable bonds is 4. The molecule has 2 nitrogen and oxygen atoms in total. The predicted octanol–water partition coefficient (Wildman–Crippen LogP) is 1.93. The maximum atomic E-state index is 6.02. The van der Waals surface area contributed by atoms with Crippen LogP contribution in [-0.2, 0) is 4.74 Å². The van der Waals surface area contributed by atoms with Crippen LogP contribution in [0.4, 0.5) is 0 Å². The van der Waals surface area contributed by atoms with Gasteiger partial charge in [0, 0.05) is 18.1 Å². The normalized spacial score (nSPS) is 33.0. The molecule has 2 atom stereocenters. The molecule has 0 spiro atoms. The molecule has 1 rings (SSSR count). The monoisotopic (exact) mass is 171 g/mol. The van der Waals surface area contributed by atoms with E-state index in [1.165, 1.54) is 0 Å². The highest BCUT2D eigenvalue weighted by molar-refractivity contribution is 5.05. The molecule has 0 unspecified atom stereocenters.